The van der Waals surface area contributed by atoms with Gasteiger partial charge in [-0.3, -0.25) is 4.79 Å². The molecule has 6 heteroatoms. The number of para-hydroxylation sites is 1. The topological polar surface area (TPSA) is 62.1 Å². The maximum absolute atomic E-state index is 13.3. The predicted octanol–water partition coefficient (Wildman–Crippen LogP) is 2.85. The summed E-state index contributed by atoms with van der Waals surface area (Å²) in [7, 11) is 0. The summed E-state index contributed by atoms with van der Waals surface area (Å²) in [4.78, 5) is 11.6. The van der Waals surface area contributed by atoms with E-state index in [0.717, 1.165) is 18.2 Å². The maximum atomic E-state index is 13.3. The molecule has 0 atom stereocenters. The second kappa shape index (κ2) is 6.48. The molecule has 0 aliphatic rings. The highest BCUT2D eigenvalue weighted by Gasteiger charge is 2.10. The van der Waals surface area contributed by atoms with E-state index in [4.69, 9.17) is 10.00 Å². The highest BCUT2D eigenvalue weighted by atomic mass is 19.1. The molecule has 0 saturated heterocycles. The van der Waals surface area contributed by atoms with E-state index in [1.54, 1.807) is 18.2 Å². The average Bonchev–Trinajstić information content (AvgIpc) is 2.49. The summed E-state index contributed by atoms with van der Waals surface area (Å²) in [6, 6.07) is 11.0. The van der Waals surface area contributed by atoms with Gasteiger partial charge in [-0.05, 0) is 24.3 Å². The summed E-state index contributed by atoms with van der Waals surface area (Å²) in [5.74, 6) is -1.83. The third kappa shape index (κ3) is 3.76. The number of rotatable bonds is 4. The number of amides is 1. The number of hydrogen-bond donors (Lipinski definition) is 1. The van der Waals surface area contributed by atoms with Gasteiger partial charge in [-0.1, -0.05) is 12.1 Å². The lowest BCUT2D eigenvalue weighted by molar-refractivity contribution is -0.118. The Bertz CT molecular complexity index is 711. The van der Waals surface area contributed by atoms with Crippen molar-refractivity contribution in [3.05, 3.63) is 59.7 Å². The smallest absolute Gasteiger partial charge is 0.262 e. The van der Waals surface area contributed by atoms with Crippen molar-refractivity contribution >= 4 is 11.6 Å². The molecule has 0 aliphatic heterocycles. The fourth-order valence-corrected chi connectivity index (χ4v) is 1.61. The molecule has 0 heterocycles. The first-order valence-corrected chi connectivity index (χ1v) is 5.97. The molecule has 0 fully saturated rings. The van der Waals surface area contributed by atoms with E-state index in [1.165, 1.54) is 6.07 Å². The molecule has 0 aliphatic carbocycles. The van der Waals surface area contributed by atoms with Crippen molar-refractivity contribution in [2.75, 3.05) is 11.9 Å². The molecule has 1 amide bonds. The van der Waals surface area contributed by atoms with Crippen LogP contribution in [0.4, 0.5) is 14.5 Å². The number of nitriles is 1. The van der Waals surface area contributed by atoms with Gasteiger partial charge in [-0.2, -0.15) is 5.26 Å². The zero-order valence-corrected chi connectivity index (χ0v) is 10.8. The van der Waals surface area contributed by atoms with Crippen molar-refractivity contribution in [2.45, 2.75) is 0 Å². The monoisotopic (exact) mass is 288 g/mol. The SMILES string of the molecule is N#Cc1ccccc1OCC(=O)Nc1cc(F)ccc1F. The molecule has 0 unspecified atom stereocenters. The van der Waals surface area contributed by atoms with Gasteiger partial charge in [0.1, 0.15) is 23.5 Å². The van der Waals surface area contributed by atoms with Crippen LogP contribution in [-0.4, -0.2) is 12.5 Å². The number of carbonyl (C=O) groups excluding carboxylic acids is 1. The summed E-state index contributed by atoms with van der Waals surface area (Å²) < 4.78 is 31.5. The minimum Gasteiger partial charge on any atom is -0.482 e. The lowest BCUT2D eigenvalue weighted by atomic mass is 10.2. The largest absolute Gasteiger partial charge is 0.482 e. The standard InChI is InChI=1S/C15H10F2N2O2/c16-11-5-6-12(17)13(7-11)19-15(20)9-21-14-4-2-1-3-10(14)8-18/h1-7H,9H2,(H,19,20). The van der Waals surface area contributed by atoms with Crippen molar-refractivity contribution < 1.29 is 18.3 Å². The second-order valence-electron chi connectivity index (χ2n) is 4.07. The van der Waals surface area contributed by atoms with Crippen LogP contribution in [0.3, 0.4) is 0 Å². The Balaban J connectivity index is 2.00. The molecule has 2 aromatic carbocycles. The van der Waals surface area contributed by atoms with Crippen molar-refractivity contribution in [3.63, 3.8) is 0 Å². The Kier molecular flexibility index (Phi) is 4.46. The van der Waals surface area contributed by atoms with Gasteiger partial charge < -0.3 is 10.1 Å². The molecule has 21 heavy (non-hydrogen) atoms. The van der Waals surface area contributed by atoms with Crippen molar-refractivity contribution in [1.82, 2.24) is 0 Å². The first-order valence-electron chi connectivity index (χ1n) is 5.97. The van der Waals surface area contributed by atoms with Crippen LogP contribution in [0, 0.1) is 23.0 Å². The van der Waals surface area contributed by atoms with E-state index in [9.17, 15) is 13.6 Å². The third-order valence-electron chi connectivity index (χ3n) is 2.57. The van der Waals surface area contributed by atoms with E-state index in [1.807, 2.05) is 6.07 Å². The molecule has 0 aromatic heterocycles. The van der Waals surface area contributed by atoms with Crippen LogP contribution in [0.25, 0.3) is 0 Å². The number of hydrogen-bond acceptors (Lipinski definition) is 3. The minimum absolute atomic E-state index is 0.245. The van der Waals surface area contributed by atoms with Crippen molar-refractivity contribution in [1.29, 1.82) is 5.26 Å². The number of carbonyl (C=O) groups is 1. The Morgan fingerprint density at radius 1 is 1.24 bits per heavy atom. The van der Waals surface area contributed by atoms with E-state index in [2.05, 4.69) is 5.32 Å². The van der Waals surface area contributed by atoms with Crippen molar-refractivity contribution in [3.8, 4) is 11.8 Å². The van der Waals surface area contributed by atoms with Gasteiger partial charge in [0.05, 0.1) is 11.3 Å². The molecular weight excluding hydrogens is 278 g/mol. The molecule has 106 valence electrons. The first kappa shape index (κ1) is 14.5. The number of benzene rings is 2. The maximum Gasteiger partial charge on any atom is 0.262 e. The van der Waals surface area contributed by atoms with Crippen LogP contribution in [0.2, 0.25) is 0 Å². The average molecular weight is 288 g/mol. The summed E-state index contributed by atoms with van der Waals surface area (Å²) in [6.45, 7) is -0.422. The Labute approximate surface area is 119 Å². The highest BCUT2D eigenvalue weighted by molar-refractivity contribution is 5.92. The van der Waals surface area contributed by atoms with Gasteiger partial charge in [0.2, 0.25) is 0 Å². The molecule has 0 spiro atoms. The lowest BCUT2D eigenvalue weighted by Gasteiger charge is -2.09. The van der Waals surface area contributed by atoms with Crippen LogP contribution in [-0.2, 0) is 4.79 Å². The van der Waals surface area contributed by atoms with Gasteiger partial charge >= 0.3 is 0 Å². The number of halogens is 2. The van der Waals surface area contributed by atoms with Gasteiger partial charge in [0.25, 0.3) is 5.91 Å². The van der Waals surface area contributed by atoms with E-state index in [-0.39, 0.29) is 17.0 Å². The van der Waals surface area contributed by atoms with E-state index < -0.39 is 24.1 Å². The Morgan fingerprint density at radius 2 is 2.00 bits per heavy atom. The molecule has 0 radical (unpaired) electrons. The predicted molar refractivity (Wildman–Crippen MR) is 71.6 cm³/mol. The molecular formula is C15H10F2N2O2. The fraction of sp³-hybridized carbons (Fsp3) is 0.0667. The number of ether oxygens (including phenoxy) is 1. The van der Waals surface area contributed by atoms with Gasteiger partial charge in [0.15, 0.2) is 6.61 Å². The molecule has 1 N–H and O–H groups in total. The Morgan fingerprint density at radius 3 is 2.76 bits per heavy atom. The third-order valence-corrected chi connectivity index (χ3v) is 2.57. The van der Waals surface area contributed by atoms with E-state index >= 15 is 0 Å². The number of anilines is 1. The van der Waals surface area contributed by atoms with Gasteiger partial charge in [0, 0.05) is 6.07 Å². The summed E-state index contributed by atoms with van der Waals surface area (Å²) in [5.41, 5.74) is 0.0133. The number of nitrogens with one attached hydrogen (secondary N) is 1. The van der Waals surface area contributed by atoms with Crippen LogP contribution in [0.1, 0.15) is 5.56 Å². The highest BCUT2D eigenvalue weighted by Crippen LogP contribution is 2.17. The first-order chi connectivity index (χ1) is 10.1. The Hall–Kier alpha value is -2.94. The summed E-state index contributed by atoms with van der Waals surface area (Å²) in [6.07, 6.45) is 0. The molecule has 4 nitrogen and oxygen atoms in total. The van der Waals surface area contributed by atoms with Crippen LogP contribution < -0.4 is 10.1 Å². The minimum atomic E-state index is -0.748. The van der Waals surface area contributed by atoms with Crippen LogP contribution in [0.15, 0.2) is 42.5 Å². The molecule has 0 saturated carbocycles. The van der Waals surface area contributed by atoms with Gasteiger partial charge in [-0.25, -0.2) is 8.78 Å². The fourth-order valence-electron chi connectivity index (χ4n) is 1.61. The number of nitrogens with zero attached hydrogens (tertiary/aromatic N) is 1. The quantitative estimate of drug-likeness (QED) is 0.941. The second-order valence-corrected chi connectivity index (χ2v) is 4.07. The summed E-state index contributed by atoms with van der Waals surface area (Å²) >= 11 is 0. The normalized spacial score (nSPS) is 9.76. The zero-order valence-electron chi connectivity index (χ0n) is 10.8. The zero-order chi connectivity index (χ0) is 15.2. The van der Waals surface area contributed by atoms with Gasteiger partial charge in [-0.15, -0.1) is 0 Å². The lowest BCUT2D eigenvalue weighted by Crippen LogP contribution is -2.21. The molecule has 2 rings (SSSR count). The molecule has 2 aromatic rings. The molecule has 0 bridgehead atoms. The summed E-state index contributed by atoms with van der Waals surface area (Å²) in [5, 5.41) is 11.1. The van der Waals surface area contributed by atoms with E-state index in [0.29, 0.717) is 0 Å². The van der Waals surface area contributed by atoms with Crippen molar-refractivity contribution in [2.24, 2.45) is 0 Å². The van der Waals surface area contributed by atoms with Crippen LogP contribution in [0.5, 0.6) is 5.75 Å². The van der Waals surface area contributed by atoms with Crippen LogP contribution >= 0.6 is 0 Å².